The van der Waals surface area contributed by atoms with Crippen molar-refractivity contribution in [1.82, 2.24) is 4.98 Å². The monoisotopic (exact) mass is 285 g/mol. The van der Waals surface area contributed by atoms with E-state index in [0.717, 1.165) is 5.56 Å². The summed E-state index contributed by atoms with van der Waals surface area (Å²) in [6.07, 6.45) is 0. The zero-order chi connectivity index (χ0) is 15.6. The molecule has 0 amide bonds. The second-order valence-electron chi connectivity index (χ2n) is 5.93. The van der Waals surface area contributed by atoms with Gasteiger partial charge in [-0.05, 0) is 11.0 Å². The topological polar surface area (TPSA) is 68.1 Å². The summed E-state index contributed by atoms with van der Waals surface area (Å²) in [4.78, 5) is 15.0. The molecule has 0 atom stereocenters. The van der Waals surface area contributed by atoms with Gasteiger partial charge in [0.15, 0.2) is 0 Å². The van der Waals surface area contributed by atoms with Gasteiger partial charge in [-0.1, -0.05) is 45.0 Å². The van der Waals surface area contributed by atoms with Gasteiger partial charge in [-0.15, -0.1) is 0 Å². The van der Waals surface area contributed by atoms with Gasteiger partial charge in [-0.25, -0.2) is 4.98 Å². The first-order valence-electron chi connectivity index (χ1n) is 6.76. The number of aromatic nitrogens is 1. The summed E-state index contributed by atoms with van der Waals surface area (Å²) in [6, 6.07) is 10.9. The minimum absolute atomic E-state index is 0.0317. The van der Waals surface area contributed by atoms with E-state index in [4.69, 9.17) is 0 Å². The van der Waals surface area contributed by atoms with Gasteiger partial charge < -0.3 is 5.32 Å². The third kappa shape index (κ3) is 3.37. The summed E-state index contributed by atoms with van der Waals surface area (Å²) in [5.41, 5.74) is 2.78. The minimum Gasteiger partial charge on any atom is -0.373 e. The van der Waals surface area contributed by atoms with Crippen LogP contribution in [0.15, 0.2) is 36.4 Å². The molecule has 21 heavy (non-hydrogen) atoms. The fourth-order valence-electron chi connectivity index (χ4n) is 2.04. The van der Waals surface area contributed by atoms with E-state index in [1.807, 2.05) is 24.3 Å². The Morgan fingerprint density at radius 2 is 1.76 bits per heavy atom. The Morgan fingerprint density at radius 1 is 1.14 bits per heavy atom. The number of anilines is 1. The summed E-state index contributed by atoms with van der Waals surface area (Å²) in [5, 5.41) is 13.8. The predicted octanol–water partition coefficient (Wildman–Crippen LogP) is 4.00. The number of nitro groups is 1. The van der Waals surface area contributed by atoms with E-state index in [-0.39, 0.29) is 11.1 Å². The molecule has 0 aliphatic carbocycles. The van der Waals surface area contributed by atoms with Crippen LogP contribution in [-0.4, -0.2) is 17.0 Å². The molecule has 1 heterocycles. The van der Waals surface area contributed by atoms with E-state index in [9.17, 15) is 10.1 Å². The van der Waals surface area contributed by atoms with Crippen molar-refractivity contribution in [1.29, 1.82) is 0 Å². The van der Waals surface area contributed by atoms with Crippen molar-refractivity contribution in [2.24, 2.45) is 0 Å². The first-order chi connectivity index (χ1) is 9.81. The highest BCUT2D eigenvalue weighted by molar-refractivity contribution is 5.65. The molecular formula is C16H19N3O2. The lowest BCUT2D eigenvalue weighted by atomic mass is 9.86. The van der Waals surface area contributed by atoms with Gasteiger partial charge in [-0.2, -0.15) is 0 Å². The molecule has 0 saturated carbocycles. The quantitative estimate of drug-likeness (QED) is 0.683. The molecule has 0 bridgehead atoms. The van der Waals surface area contributed by atoms with E-state index >= 15 is 0 Å². The van der Waals surface area contributed by atoms with Crippen molar-refractivity contribution in [3.05, 3.63) is 52.1 Å². The molecule has 0 radical (unpaired) electrons. The van der Waals surface area contributed by atoms with Gasteiger partial charge in [0.25, 0.3) is 5.69 Å². The van der Waals surface area contributed by atoms with Crippen LogP contribution in [0.3, 0.4) is 0 Å². The van der Waals surface area contributed by atoms with Gasteiger partial charge in [-0.3, -0.25) is 10.1 Å². The number of hydrogen-bond acceptors (Lipinski definition) is 4. The zero-order valence-electron chi connectivity index (χ0n) is 12.7. The normalized spacial score (nSPS) is 11.2. The molecule has 0 aliphatic rings. The van der Waals surface area contributed by atoms with E-state index in [1.165, 1.54) is 17.7 Å². The Hall–Kier alpha value is -2.43. The van der Waals surface area contributed by atoms with Crippen LogP contribution in [0.5, 0.6) is 0 Å². The average Bonchev–Trinajstić information content (AvgIpc) is 2.46. The summed E-state index contributed by atoms with van der Waals surface area (Å²) in [5.74, 6) is 0.485. The van der Waals surface area contributed by atoms with E-state index in [1.54, 1.807) is 7.05 Å². The van der Waals surface area contributed by atoms with Crippen molar-refractivity contribution in [2.75, 3.05) is 12.4 Å². The van der Waals surface area contributed by atoms with Crippen LogP contribution in [0, 0.1) is 10.1 Å². The Morgan fingerprint density at radius 3 is 2.24 bits per heavy atom. The van der Waals surface area contributed by atoms with E-state index in [0.29, 0.717) is 11.5 Å². The maximum Gasteiger partial charge on any atom is 0.275 e. The van der Waals surface area contributed by atoms with Crippen LogP contribution >= 0.6 is 0 Å². The molecule has 1 N–H and O–H groups in total. The van der Waals surface area contributed by atoms with E-state index in [2.05, 4.69) is 31.1 Å². The largest absolute Gasteiger partial charge is 0.373 e. The standard InChI is InChI=1S/C16H19N3O2/c1-16(2,3)12-7-5-11(6-8-12)14-9-13(19(20)21)10-15(17-4)18-14/h5-10H,1-4H3,(H,17,18). The number of benzene rings is 1. The van der Waals surface area contributed by atoms with Gasteiger partial charge in [0, 0.05) is 18.7 Å². The molecule has 110 valence electrons. The molecular weight excluding hydrogens is 266 g/mol. The second-order valence-corrected chi connectivity index (χ2v) is 5.93. The molecule has 1 aromatic heterocycles. The molecule has 1 aromatic carbocycles. The van der Waals surface area contributed by atoms with Crippen LogP contribution in [-0.2, 0) is 5.41 Å². The molecule has 5 nitrogen and oxygen atoms in total. The van der Waals surface area contributed by atoms with Crippen molar-refractivity contribution in [2.45, 2.75) is 26.2 Å². The SMILES string of the molecule is CNc1cc([N+](=O)[O-])cc(-c2ccc(C(C)(C)C)cc2)n1. The fourth-order valence-corrected chi connectivity index (χ4v) is 2.04. The van der Waals surface area contributed by atoms with Gasteiger partial charge in [0.05, 0.1) is 16.7 Å². The highest BCUT2D eigenvalue weighted by Crippen LogP contribution is 2.28. The summed E-state index contributed by atoms with van der Waals surface area (Å²) in [6.45, 7) is 6.44. The third-order valence-corrected chi connectivity index (χ3v) is 3.32. The Kier molecular flexibility index (Phi) is 3.93. The Balaban J connectivity index is 2.46. The van der Waals surface area contributed by atoms with Crippen molar-refractivity contribution < 1.29 is 4.92 Å². The van der Waals surface area contributed by atoms with Crippen LogP contribution < -0.4 is 5.32 Å². The molecule has 0 unspecified atom stereocenters. The number of pyridine rings is 1. The smallest absolute Gasteiger partial charge is 0.275 e. The lowest BCUT2D eigenvalue weighted by Gasteiger charge is -2.19. The Labute approximate surface area is 124 Å². The maximum absolute atomic E-state index is 11.0. The third-order valence-electron chi connectivity index (χ3n) is 3.32. The number of rotatable bonds is 3. The number of nitrogens with zero attached hydrogens (tertiary/aromatic N) is 2. The molecule has 2 rings (SSSR count). The molecule has 0 saturated heterocycles. The lowest BCUT2D eigenvalue weighted by Crippen LogP contribution is -2.10. The van der Waals surface area contributed by atoms with Crippen molar-refractivity contribution in [3.8, 4) is 11.3 Å². The van der Waals surface area contributed by atoms with Crippen LogP contribution in [0.25, 0.3) is 11.3 Å². The maximum atomic E-state index is 11.0. The van der Waals surface area contributed by atoms with Crippen LogP contribution in [0.4, 0.5) is 11.5 Å². The highest BCUT2D eigenvalue weighted by Gasteiger charge is 2.15. The van der Waals surface area contributed by atoms with Gasteiger partial charge >= 0.3 is 0 Å². The average molecular weight is 285 g/mol. The van der Waals surface area contributed by atoms with E-state index < -0.39 is 4.92 Å². The number of hydrogen-bond donors (Lipinski definition) is 1. The highest BCUT2D eigenvalue weighted by atomic mass is 16.6. The molecule has 0 aliphatic heterocycles. The summed E-state index contributed by atoms with van der Waals surface area (Å²) < 4.78 is 0. The predicted molar refractivity (Wildman–Crippen MR) is 84.6 cm³/mol. The molecule has 5 heteroatoms. The first-order valence-corrected chi connectivity index (χ1v) is 6.76. The molecule has 0 spiro atoms. The van der Waals surface area contributed by atoms with Gasteiger partial charge in [0.2, 0.25) is 0 Å². The van der Waals surface area contributed by atoms with Crippen LogP contribution in [0.2, 0.25) is 0 Å². The molecule has 2 aromatic rings. The summed E-state index contributed by atoms with van der Waals surface area (Å²) in [7, 11) is 1.69. The van der Waals surface area contributed by atoms with Crippen molar-refractivity contribution >= 4 is 11.5 Å². The van der Waals surface area contributed by atoms with Crippen molar-refractivity contribution in [3.63, 3.8) is 0 Å². The Bertz CT molecular complexity index is 658. The fraction of sp³-hybridized carbons (Fsp3) is 0.312. The zero-order valence-corrected chi connectivity index (χ0v) is 12.7. The summed E-state index contributed by atoms with van der Waals surface area (Å²) >= 11 is 0. The van der Waals surface area contributed by atoms with Crippen LogP contribution in [0.1, 0.15) is 26.3 Å². The number of nitrogens with one attached hydrogen (secondary N) is 1. The van der Waals surface area contributed by atoms with Gasteiger partial charge in [0.1, 0.15) is 5.82 Å². The first kappa shape index (κ1) is 15.0. The lowest BCUT2D eigenvalue weighted by molar-refractivity contribution is -0.384. The minimum atomic E-state index is -0.407. The second kappa shape index (κ2) is 5.52. The molecule has 0 fully saturated rings.